The van der Waals surface area contributed by atoms with Gasteiger partial charge in [0.2, 0.25) is 5.91 Å². The molecule has 1 aromatic carbocycles. The molecule has 4 atom stereocenters. The zero-order valence-corrected chi connectivity index (χ0v) is 15.9. The van der Waals surface area contributed by atoms with Crippen molar-refractivity contribution in [1.82, 2.24) is 15.1 Å². The van der Waals surface area contributed by atoms with E-state index in [1.807, 2.05) is 6.07 Å². The summed E-state index contributed by atoms with van der Waals surface area (Å²) < 4.78 is 13.4. The van der Waals surface area contributed by atoms with Crippen LogP contribution in [0.3, 0.4) is 0 Å². The van der Waals surface area contributed by atoms with Crippen molar-refractivity contribution in [3.05, 3.63) is 29.3 Å². The number of nitrogens with one attached hydrogen (secondary N) is 2. The Labute approximate surface area is 167 Å². The van der Waals surface area contributed by atoms with Crippen molar-refractivity contribution in [2.75, 3.05) is 31.5 Å². The summed E-state index contributed by atoms with van der Waals surface area (Å²) in [7, 11) is 0. The molecule has 2 N–H and O–H groups in total. The van der Waals surface area contributed by atoms with Gasteiger partial charge in [-0.2, -0.15) is 5.26 Å². The number of amides is 3. The number of alkyl halides is 1. The van der Waals surface area contributed by atoms with Gasteiger partial charge in [0.25, 0.3) is 0 Å². The lowest BCUT2D eigenvalue weighted by Crippen LogP contribution is -2.43. The van der Waals surface area contributed by atoms with Gasteiger partial charge in [0, 0.05) is 36.3 Å². The normalized spacial score (nSPS) is 30.7. The highest BCUT2D eigenvalue weighted by Crippen LogP contribution is 2.45. The summed E-state index contributed by atoms with van der Waals surface area (Å²) in [6, 6.07) is 8.30. The van der Waals surface area contributed by atoms with Crippen molar-refractivity contribution in [1.29, 1.82) is 5.26 Å². The van der Waals surface area contributed by atoms with Crippen LogP contribution in [-0.2, 0) is 4.79 Å². The van der Waals surface area contributed by atoms with Crippen LogP contribution in [0.1, 0.15) is 6.42 Å². The molecule has 1 saturated carbocycles. The van der Waals surface area contributed by atoms with Crippen LogP contribution in [0, 0.1) is 23.2 Å². The third-order valence-corrected chi connectivity index (χ3v) is 6.04. The Bertz CT molecular complexity index is 802. The number of carbonyl (C=O) groups excluding carboxylic acids is 2. The van der Waals surface area contributed by atoms with Gasteiger partial charge < -0.3 is 20.4 Å². The summed E-state index contributed by atoms with van der Waals surface area (Å²) in [5.74, 6) is 0.403. The quantitative estimate of drug-likeness (QED) is 0.800. The largest absolute Gasteiger partial charge is 0.324 e. The summed E-state index contributed by atoms with van der Waals surface area (Å²) in [6.45, 7) is 1.36. The molecule has 1 aromatic rings. The number of fused-ring (bicyclic) bond motifs is 1. The molecule has 0 radical (unpaired) electrons. The fourth-order valence-electron chi connectivity index (χ4n) is 4.22. The molecule has 2 saturated heterocycles. The fourth-order valence-corrected chi connectivity index (χ4v) is 4.35. The lowest BCUT2D eigenvalue weighted by Gasteiger charge is -2.22. The van der Waals surface area contributed by atoms with E-state index in [1.165, 1.54) is 4.90 Å². The number of anilines is 1. The van der Waals surface area contributed by atoms with Gasteiger partial charge in [-0.15, -0.1) is 0 Å². The average molecular weight is 406 g/mol. The first-order valence-corrected chi connectivity index (χ1v) is 9.72. The Morgan fingerprint density at radius 1 is 1.21 bits per heavy atom. The highest BCUT2D eigenvalue weighted by atomic mass is 35.5. The van der Waals surface area contributed by atoms with Gasteiger partial charge >= 0.3 is 6.03 Å². The first kappa shape index (κ1) is 19.0. The Morgan fingerprint density at radius 2 is 1.89 bits per heavy atom. The minimum absolute atomic E-state index is 0.00505. The van der Waals surface area contributed by atoms with E-state index in [2.05, 4.69) is 10.6 Å². The Hall–Kier alpha value is -2.37. The Kier molecular flexibility index (Phi) is 5.13. The molecule has 3 aliphatic rings. The van der Waals surface area contributed by atoms with Crippen molar-refractivity contribution < 1.29 is 14.0 Å². The van der Waals surface area contributed by atoms with Crippen LogP contribution in [0.2, 0.25) is 5.02 Å². The van der Waals surface area contributed by atoms with Crippen LogP contribution in [0.25, 0.3) is 0 Å². The zero-order valence-electron chi connectivity index (χ0n) is 15.1. The van der Waals surface area contributed by atoms with E-state index < -0.39 is 12.2 Å². The number of halogens is 2. The number of piperidine rings is 1. The number of likely N-dealkylation sites (tertiary alicyclic amines) is 2. The van der Waals surface area contributed by atoms with Gasteiger partial charge in [0.15, 0.2) is 0 Å². The number of hydrogen-bond acceptors (Lipinski definition) is 4. The van der Waals surface area contributed by atoms with Crippen molar-refractivity contribution >= 4 is 29.2 Å². The van der Waals surface area contributed by atoms with E-state index in [0.29, 0.717) is 35.6 Å². The molecular weight excluding hydrogens is 385 g/mol. The Morgan fingerprint density at radius 3 is 2.54 bits per heavy atom. The number of urea groups is 1. The predicted octanol–water partition coefficient (Wildman–Crippen LogP) is 1.85. The maximum absolute atomic E-state index is 13.4. The summed E-state index contributed by atoms with van der Waals surface area (Å²) in [6.07, 6.45) is -1.03. The van der Waals surface area contributed by atoms with E-state index in [9.17, 15) is 14.0 Å². The van der Waals surface area contributed by atoms with Gasteiger partial charge in [0.1, 0.15) is 12.2 Å². The minimum Gasteiger partial charge on any atom is -0.324 e. The predicted molar refractivity (Wildman–Crippen MR) is 101 cm³/mol. The SMILES string of the molecule is N#CC1CC(F)CN1C(=O)CNC1C2CN(C(=O)Nc3ccc(Cl)cc3)CC21. The van der Waals surface area contributed by atoms with Crippen LogP contribution >= 0.6 is 11.6 Å². The molecule has 0 bridgehead atoms. The molecule has 0 spiro atoms. The number of nitrogens with zero attached hydrogens (tertiary/aromatic N) is 3. The van der Waals surface area contributed by atoms with Crippen LogP contribution in [0.5, 0.6) is 0 Å². The highest BCUT2D eigenvalue weighted by molar-refractivity contribution is 6.30. The number of rotatable bonds is 4. The molecule has 148 valence electrons. The van der Waals surface area contributed by atoms with Crippen molar-refractivity contribution in [2.45, 2.75) is 24.7 Å². The fraction of sp³-hybridized carbons (Fsp3) is 0.526. The molecule has 2 heterocycles. The topological polar surface area (TPSA) is 88.5 Å². The molecule has 4 rings (SSSR count). The molecule has 1 aliphatic carbocycles. The third-order valence-electron chi connectivity index (χ3n) is 5.79. The third kappa shape index (κ3) is 3.77. The average Bonchev–Trinajstić information content (AvgIpc) is 3.00. The van der Waals surface area contributed by atoms with Gasteiger partial charge in [-0.1, -0.05) is 11.6 Å². The molecule has 28 heavy (non-hydrogen) atoms. The molecule has 4 unspecified atom stereocenters. The molecule has 3 fully saturated rings. The summed E-state index contributed by atoms with van der Waals surface area (Å²) in [5.41, 5.74) is 0.694. The molecule has 3 amide bonds. The standard InChI is InChI=1S/C19H21ClFN5O2/c20-11-1-3-13(4-2-11)24-19(28)25-9-15-16(10-25)18(15)23-7-17(27)26-8-12(21)5-14(26)6-22/h1-4,12,14-16,18,23H,5,7-10H2,(H,24,28). The van der Waals surface area contributed by atoms with Crippen LogP contribution in [0.15, 0.2) is 24.3 Å². The molecule has 7 nitrogen and oxygen atoms in total. The lowest BCUT2D eigenvalue weighted by molar-refractivity contribution is -0.130. The molecule has 0 aromatic heterocycles. The van der Waals surface area contributed by atoms with Gasteiger partial charge in [0.05, 0.1) is 19.2 Å². The number of benzene rings is 1. The lowest BCUT2D eigenvalue weighted by atomic mass is 10.2. The van der Waals surface area contributed by atoms with E-state index in [-0.39, 0.29) is 37.5 Å². The maximum atomic E-state index is 13.4. The number of hydrogen-bond donors (Lipinski definition) is 2. The van der Waals surface area contributed by atoms with Gasteiger partial charge in [-0.3, -0.25) is 4.79 Å². The number of carbonyl (C=O) groups is 2. The van der Waals surface area contributed by atoms with E-state index in [1.54, 1.807) is 29.2 Å². The zero-order chi connectivity index (χ0) is 19.8. The van der Waals surface area contributed by atoms with Crippen molar-refractivity contribution in [2.24, 2.45) is 11.8 Å². The second-order valence-electron chi connectivity index (χ2n) is 7.60. The summed E-state index contributed by atoms with van der Waals surface area (Å²) in [4.78, 5) is 27.7. The second kappa shape index (κ2) is 7.57. The molecule has 2 aliphatic heterocycles. The molecular formula is C19H21ClFN5O2. The second-order valence-corrected chi connectivity index (χ2v) is 8.04. The smallest absolute Gasteiger partial charge is 0.321 e. The number of nitriles is 1. The first-order valence-electron chi connectivity index (χ1n) is 9.34. The van der Waals surface area contributed by atoms with E-state index in [4.69, 9.17) is 16.9 Å². The first-order chi connectivity index (χ1) is 13.5. The summed E-state index contributed by atoms with van der Waals surface area (Å²) in [5, 5.41) is 15.7. The van der Waals surface area contributed by atoms with E-state index in [0.717, 1.165) is 0 Å². The summed E-state index contributed by atoms with van der Waals surface area (Å²) >= 11 is 5.84. The van der Waals surface area contributed by atoms with Crippen LogP contribution < -0.4 is 10.6 Å². The maximum Gasteiger partial charge on any atom is 0.321 e. The molecule has 9 heteroatoms. The van der Waals surface area contributed by atoms with Crippen molar-refractivity contribution in [3.8, 4) is 6.07 Å². The monoisotopic (exact) mass is 405 g/mol. The van der Waals surface area contributed by atoms with Gasteiger partial charge in [-0.05, 0) is 36.1 Å². The van der Waals surface area contributed by atoms with Crippen molar-refractivity contribution in [3.63, 3.8) is 0 Å². The minimum atomic E-state index is -1.12. The Balaban J connectivity index is 1.21. The van der Waals surface area contributed by atoms with E-state index >= 15 is 0 Å². The van der Waals surface area contributed by atoms with Crippen LogP contribution in [-0.4, -0.2) is 66.2 Å². The van der Waals surface area contributed by atoms with Crippen LogP contribution in [0.4, 0.5) is 14.9 Å². The van der Waals surface area contributed by atoms with Gasteiger partial charge in [-0.25, -0.2) is 9.18 Å². The highest BCUT2D eigenvalue weighted by Gasteiger charge is 2.56.